The van der Waals surface area contributed by atoms with Crippen LogP contribution in [0, 0.1) is 5.41 Å². The first-order valence-electron chi connectivity index (χ1n) is 11.4. The van der Waals surface area contributed by atoms with Gasteiger partial charge in [0.15, 0.2) is 0 Å². The predicted octanol–water partition coefficient (Wildman–Crippen LogP) is 7.86. The molecule has 0 saturated carbocycles. The molecule has 0 N–H and O–H groups in total. The van der Waals surface area contributed by atoms with E-state index in [0.717, 1.165) is 42.3 Å². The summed E-state index contributed by atoms with van der Waals surface area (Å²) >= 11 is 8.70. The normalized spacial score (nSPS) is 18.1. The van der Waals surface area contributed by atoms with E-state index < -0.39 is 39.8 Å². The maximum Gasteiger partial charge on any atom is 0.417 e. The fraction of sp³-hybridized carbons (Fsp3) is 0.440. The van der Waals surface area contributed by atoms with Gasteiger partial charge in [-0.2, -0.15) is 43.2 Å². The molecule has 1 atom stereocenters. The van der Waals surface area contributed by atoms with Crippen LogP contribution in [-0.2, 0) is 17.1 Å². The number of rotatable bonds is 9. The highest BCUT2D eigenvalue weighted by molar-refractivity contribution is 8.00. The van der Waals surface area contributed by atoms with Crippen molar-refractivity contribution in [1.82, 2.24) is 5.01 Å². The second-order valence-corrected chi connectivity index (χ2v) is 11.2. The number of hydrogen-bond donors (Lipinski definition) is 0. The molecule has 0 radical (unpaired) electrons. The third kappa shape index (κ3) is 7.12. The van der Waals surface area contributed by atoms with Gasteiger partial charge in [0.25, 0.3) is 5.91 Å². The molecule has 38 heavy (non-hydrogen) atoms. The van der Waals surface area contributed by atoms with Crippen LogP contribution in [0.15, 0.2) is 47.6 Å². The van der Waals surface area contributed by atoms with E-state index in [1.165, 1.54) is 28.6 Å². The Kier molecular flexibility index (Phi) is 9.63. The van der Waals surface area contributed by atoms with Gasteiger partial charge in [-0.1, -0.05) is 24.6 Å². The molecule has 1 unspecified atom stereocenters. The van der Waals surface area contributed by atoms with Gasteiger partial charge in [-0.3, -0.25) is 14.1 Å². The predicted molar refractivity (Wildman–Crippen MR) is 143 cm³/mol. The van der Waals surface area contributed by atoms with Crippen LogP contribution in [0.5, 0.6) is 0 Å². The molecule has 1 aliphatic heterocycles. The highest BCUT2D eigenvalue weighted by Gasteiger charge is 2.41. The number of amides is 1. The molecule has 0 bridgehead atoms. The van der Waals surface area contributed by atoms with Crippen molar-refractivity contribution in [3.63, 3.8) is 0 Å². The van der Waals surface area contributed by atoms with E-state index in [9.17, 15) is 31.1 Å². The average molecular weight is 598 g/mol. The first-order chi connectivity index (χ1) is 17.7. The topological polar surface area (TPSA) is 35.9 Å². The standard InChI is InChI=1S/C25H26ClF6N3OS2/c1-23(11-4-12-37-2)15-34(33-22(23)16-5-10-19(20(26)13-16)25(30,31)32)14-21(36)35(38-3)18-8-6-17(7-9-18)24(27,28)29/h5-10,13H,4,11-12,14-15H2,1-3H3. The van der Waals surface area contributed by atoms with E-state index in [4.69, 9.17) is 11.6 Å². The van der Waals surface area contributed by atoms with Gasteiger partial charge in [0.05, 0.1) is 27.5 Å². The molecular weight excluding hydrogens is 572 g/mol. The lowest BCUT2D eigenvalue weighted by atomic mass is 9.78. The van der Waals surface area contributed by atoms with Crippen LogP contribution in [-0.4, -0.2) is 48.0 Å². The molecule has 4 nitrogen and oxygen atoms in total. The van der Waals surface area contributed by atoms with Crippen molar-refractivity contribution in [2.24, 2.45) is 10.5 Å². The zero-order valence-corrected chi connectivity index (χ0v) is 23.2. The second-order valence-electron chi connectivity index (χ2n) is 9.04. The van der Waals surface area contributed by atoms with E-state index in [1.807, 2.05) is 13.2 Å². The number of halogens is 7. The van der Waals surface area contributed by atoms with Gasteiger partial charge >= 0.3 is 12.4 Å². The van der Waals surface area contributed by atoms with Crippen molar-refractivity contribution in [2.75, 3.05) is 35.7 Å². The molecule has 1 amide bonds. The van der Waals surface area contributed by atoms with Crippen molar-refractivity contribution < 1.29 is 31.1 Å². The summed E-state index contributed by atoms with van der Waals surface area (Å²) in [5, 5.41) is 5.73. The summed E-state index contributed by atoms with van der Waals surface area (Å²) in [6, 6.07) is 7.79. The summed E-state index contributed by atoms with van der Waals surface area (Å²) in [5.74, 6) is 0.475. The zero-order chi connectivity index (χ0) is 28.3. The quantitative estimate of drug-likeness (QED) is 0.167. The maximum atomic E-state index is 13.2. The van der Waals surface area contributed by atoms with Gasteiger partial charge in [0.2, 0.25) is 0 Å². The number of thioether (sulfide) groups is 1. The van der Waals surface area contributed by atoms with Gasteiger partial charge in [-0.15, -0.1) is 0 Å². The minimum absolute atomic E-state index is 0.169. The molecule has 0 aromatic heterocycles. The Morgan fingerprint density at radius 1 is 1.08 bits per heavy atom. The Morgan fingerprint density at radius 3 is 2.26 bits per heavy atom. The highest BCUT2D eigenvalue weighted by atomic mass is 35.5. The van der Waals surface area contributed by atoms with Crippen molar-refractivity contribution in [2.45, 2.75) is 32.1 Å². The number of carbonyl (C=O) groups is 1. The molecule has 1 aliphatic rings. The Labute approximate surface area is 230 Å². The molecule has 0 fully saturated rings. The van der Waals surface area contributed by atoms with Crippen LogP contribution in [0.3, 0.4) is 0 Å². The highest BCUT2D eigenvalue weighted by Crippen LogP contribution is 2.40. The van der Waals surface area contributed by atoms with Crippen LogP contribution in [0.4, 0.5) is 32.0 Å². The number of nitrogens with zero attached hydrogens (tertiary/aromatic N) is 3. The molecule has 13 heteroatoms. The number of alkyl halides is 6. The zero-order valence-electron chi connectivity index (χ0n) is 20.8. The number of hydrogen-bond acceptors (Lipinski definition) is 5. The van der Waals surface area contributed by atoms with Gasteiger partial charge in [0.1, 0.15) is 6.54 Å². The van der Waals surface area contributed by atoms with Crippen molar-refractivity contribution in [3.8, 4) is 0 Å². The molecule has 1 heterocycles. The third-order valence-corrected chi connectivity index (χ3v) is 7.91. The summed E-state index contributed by atoms with van der Waals surface area (Å²) in [6.07, 6.45) is -3.96. The smallest absolute Gasteiger partial charge is 0.286 e. The monoisotopic (exact) mass is 597 g/mol. The molecule has 0 saturated heterocycles. The lowest BCUT2D eigenvalue weighted by Crippen LogP contribution is -2.37. The number of benzene rings is 2. The minimum Gasteiger partial charge on any atom is -0.286 e. The summed E-state index contributed by atoms with van der Waals surface area (Å²) in [4.78, 5) is 13.2. The first kappa shape index (κ1) is 30.5. The summed E-state index contributed by atoms with van der Waals surface area (Å²) in [7, 11) is 0. The Hall–Kier alpha value is -2.05. The van der Waals surface area contributed by atoms with E-state index in [2.05, 4.69) is 5.10 Å². The van der Waals surface area contributed by atoms with Gasteiger partial charge < -0.3 is 0 Å². The lowest BCUT2D eigenvalue weighted by molar-refractivity contribution is -0.138. The van der Waals surface area contributed by atoms with Crippen LogP contribution >= 0.6 is 35.3 Å². The number of anilines is 1. The van der Waals surface area contributed by atoms with Crippen molar-refractivity contribution in [1.29, 1.82) is 0 Å². The molecule has 0 spiro atoms. The number of carbonyl (C=O) groups excluding carboxylic acids is 1. The van der Waals surface area contributed by atoms with Crippen LogP contribution < -0.4 is 4.31 Å². The Bertz CT molecular complexity index is 1170. The van der Waals surface area contributed by atoms with Gasteiger partial charge in [0, 0.05) is 18.2 Å². The Morgan fingerprint density at radius 2 is 1.74 bits per heavy atom. The minimum atomic E-state index is -4.59. The van der Waals surface area contributed by atoms with E-state index >= 15 is 0 Å². The first-order valence-corrected chi connectivity index (χ1v) is 14.4. The fourth-order valence-electron chi connectivity index (χ4n) is 4.33. The second kappa shape index (κ2) is 12.0. The molecular formula is C25H26ClF6N3OS2. The van der Waals surface area contributed by atoms with Crippen LogP contribution in [0.25, 0.3) is 0 Å². The number of hydrazone groups is 1. The largest absolute Gasteiger partial charge is 0.417 e. The lowest BCUT2D eigenvalue weighted by Gasteiger charge is -2.28. The fourth-order valence-corrected chi connectivity index (χ4v) is 5.64. The summed E-state index contributed by atoms with van der Waals surface area (Å²) in [5.41, 5.74) is -1.06. The molecule has 0 aliphatic carbocycles. The maximum absolute atomic E-state index is 13.2. The van der Waals surface area contributed by atoms with E-state index in [-0.39, 0.29) is 12.2 Å². The average Bonchev–Trinajstić information content (AvgIpc) is 3.14. The van der Waals surface area contributed by atoms with Gasteiger partial charge in [-0.25, -0.2) is 0 Å². The van der Waals surface area contributed by atoms with Gasteiger partial charge in [-0.05, 0) is 78.8 Å². The van der Waals surface area contributed by atoms with E-state index in [1.54, 1.807) is 23.0 Å². The van der Waals surface area contributed by atoms with Crippen LogP contribution in [0.2, 0.25) is 5.02 Å². The van der Waals surface area contributed by atoms with Crippen LogP contribution in [0.1, 0.15) is 36.5 Å². The van der Waals surface area contributed by atoms with E-state index in [0.29, 0.717) is 24.2 Å². The molecule has 208 valence electrons. The molecule has 2 aromatic rings. The van der Waals surface area contributed by atoms with Crippen molar-refractivity contribution in [3.05, 3.63) is 64.2 Å². The SMILES string of the molecule is CSCCCC1(C)CN(CC(=O)N(SC)c2ccc(C(F)(F)F)cc2)N=C1c1ccc(C(F)(F)F)c(Cl)c1. The summed E-state index contributed by atoms with van der Waals surface area (Å²) < 4.78 is 79.7. The van der Waals surface area contributed by atoms with Crippen molar-refractivity contribution >= 4 is 52.6 Å². The molecule has 2 aromatic carbocycles. The molecule has 3 rings (SSSR count). The summed E-state index contributed by atoms with van der Waals surface area (Å²) in [6.45, 7) is 2.12. The third-order valence-electron chi connectivity index (χ3n) is 6.13. The Balaban J connectivity index is 1.87.